The van der Waals surface area contributed by atoms with Crippen LogP contribution in [0.4, 0.5) is 4.39 Å². The standard InChI is InChI=1S/C10H14FNO/c1-2-10(13)12-7-3-5-8(11)9(12)6-4-7/h2,7-9H,1,3-6H2/t7?,8?,9-/m1/s1. The molecule has 2 unspecified atom stereocenters. The zero-order valence-electron chi connectivity index (χ0n) is 7.58. The Morgan fingerprint density at radius 2 is 2.08 bits per heavy atom. The van der Waals surface area contributed by atoms with E-state index in [1.54, 1.807) is 4.90 Å². The second-order valence-corrected chi connectivity index (χ2v) is 3.84. The molecule has 0 radical (unpaired) electrons. The first-order valence-corrected chi connectivity index (χ1v) is 4.83. The van der Waals surface area contributed by atoms with Gasteiger partial charge in [0.1, 0.15) is 6.17 Å². The van der Waals surface area contributed by atoms with Gasteiger partial charge in [0.25, 0.3) is 0 Å². The van der Waals surface area contributed by atoms with E-state index in [2.05, 4.69) is 6.58 Å². The number of carbonyl (C=O) groups is 1. The van der Waals surface area contributed by atoms with Crippen LogP contribution >= 0.6 is 0 Å². The lowest BCUT2D eigenvalue weighted by Crippen LogP contribution is -2.48. The highest BCUT2D eigenvalue weighted by Crippen LogP contribution is 2.37. The van der Waals surface area contributed by atoms with Gasteiger partial charge >= 0.3 is 0 Å². The predicted molar refractivity (Wildman–Crippen MR) is 48.0 cm³/mol. The van der Waals surface area contributed by atoms with Crippen LogP contribution in [0, 0.1) is 0 Å². The first kappa shape index (κ1) is 8.73. The molecule has 2 aliphatic rings. The summed E-state index contributed by atoms with van der Waals surface area (Å²) in [4.78, 5) is 13.1. The van der Waals surface area contributed by atoms with Gasteiger partial charge in [0.05, 0.1) is 6.04 Å². The molecule has 0 aliphatic carbocycles. The maximum absolute atomic E-state index is 13.4. The van der Waals surface area contributed by atoms with Crippen molar-refractivity contribution in [3.8, 4) is 0 Å². The van der Waals surface area contributed by atoms with Crippen LogP contribution < -0.4 is 0 Å². The molecule has 0 saturated carbocycles. The van der Waals surface area contributed by atoms with Crippen LogP contribution in [0.25, 0.3) is 0 Å². The number of hydrogen-bond acceptors (Lipinski definition) is 1. The lowest BCUT2D eigenvalue weighted by Gasteiger charge is -2.36. The minimum absolute atomic E-state index is 0.102. The van der Waals surface area contributed by atoms with Gasteiger partial charge in [-0.25, -0.2) is 4.39 Å². The van der Waals surface area contributed by atoms with Crippen molar-refractivity contribution in [2.45, 2.75) is 43.9 Å². The number of amides is 1. The van der Waals surface area contributed by atoms with Crippen LogP contribution in [-0.4, -0.2) is 29.1 Å². The average molecular weight is 183 g/mol. The second kappa shape index (κ2) is 3.13. The Labute approximate surface area is 77.4 Å². The highest BCUT2D eigenvalue weighted by atomic mass is 19.1. The molecule has 2 bridgehead atoms. The Hall–Kier alpha value is -0.860. The third-order valence-corrected chi connectivity index (χ3v) is 3.17. The van der Waals surface area contributed by atoms with Gasteiger partial charge in [-0.15, -0.1) is 0 Å². The third kappa shape index (κ3) is 1.26. The predicted octanol–water partition coefficient (Wildman–Crippen LogP) is 1.66. The van der Waals surface area contributed by atoms with Gasteiger partial charge in [-0.05, 0) is 31.8 Å². The van der Waals surface area contributed by atoms with Gasteiger partial charge in [-0.1, -0.05) is 6.58 Å². The smallest absolute Gasteiger partial charge is 0.246 e. The number of piperidine rings is 1. The molecular formula is C10H14FNO. The first-order chi connectivity index (χ1) is 6.24. The normalized spacial score (nSPS) is 37.6. The molecule has 2 aliphatic heterocycles. The van der Waals surface area contributed by atoms with Gasteiger partial charge in [-0.3, -0.25) is 4.79 Å². The molecular weight excluding hydrogens is 169 g/mol. The van der Waals surface area contributed by atoms with Crippen molar-refractivity contribution in [2.75, 3.05) is 0 Å². The van der Waals surface area contributed by atoms with Crippen LogP contribution in [0.5, 0.6) is 0 Å². The third-order valence-electron chi connectivity index (χ3n) is 3.17. The quantitative estimate of drug-likeness (QED) is 0.566. The molecule has 72 valence electrons. The number of alkyl halides is 1. The summed E-state index contributed by atoms with van der Waals surface area (Å²) >= 11 is 0. The molecule has 2 nitrogen and oxygen atoms in total. The van der Waals surface area contributed by atoms with Crippen LogP contribution in [0.1, 0.15) is 25.7 Å². The van der Waals surface area contributed by atoms with E-state index in [-0.39, 0.29) is 18.0 Å². The monoisotopic (exact) mass is 183 g/mol. The van der Waals surface area contributed by atoms with E-state index in [9.17, 15) is 9.18 Å². The highest BCUT2D eigenvalue weighted by molar-refractivity contribution is 5.87. The van der Waals surface area contributed by atoms with Crippen molar-refractivity contribution in [3.05, 3.63) is 12.7 Å². The molecule has 13 heavy (non-hydrogen) atoms. The molecule has 3 heteroatoms. The molecule has 2 saturated heterocycles. The number of fused-ring (bicyclic) bond motifs is 2. The SMILES string of the molecule is C=CC(=O)N1C2CCC(F)[C@H]1CC2. The maximum atomic E-state index is 13.4. The summed E-state index contributed by atoms with van der Waals surface area (Å²) in [5.41, 5.74) is 0. The molecule has 1 amide bonds. The number of hydrogen-bond donors (Lipinski definition) is 0. The van der Waals surface area contributed by atoms with E-state index in [1.807, 2.05) is 0 Å². The van der Waals surface area contributed by atoms with E-state index in [4.69, 9.17) is 0 Å². The van der Waals surface area contributed by atoms with E-state index in [1.165, 1.54) is 6.08 Å². The fourth-order valence-electron chi connectivity index (χ4n) is 2.54. The summed E-state index contributed by atoms with van der Waals surface area (Å²) in [5.74, 6) is -0.102. The maximum Gasteiger partial charge on any atom is 0.246 e. The number of rotatable bonds is 1. The Balaban J connectivity index is 2.19. The van der Waals surface area contributed by atoms with Crippen molar-refractivity contribution in [1.29, 1.82) is 0 Å². The number of halogens is 1. The van der Waals surface area contributed by atoms with E-state index >= 15 is 0 Å². The molecule has 0 N–H and O–H groups in total. The summed E-state index contributed by atoms with van der Waals surface area (Å²) in [6.07, 6.45) is 3.70. The highest BCUT2D eigenvalue weighted by Gasteiger charge is 2.44. The molecule has 3 atom stereocenters. The number of carbonyl (C=O) groups excluding carboxylic acids is 1. The summed E-state index contributed by atoms with van der Waals surface area (Å²) < 4.78 is 13.4. The summed E-state index contributed by atoms with van der Waals surface area (Å²) in [6, 6.07) is 0.117. The van der Waals surface area contributed by atoms with Gasteiger partial charge in [-0.2, -0.15) is 0 Å². The first-order valence-electron chi connectivity index (χ1n) is 4.83. The molecule has 0 aromatic rings. The van der Waals surface area contributed by atoms with E-state index < -0.39 is 6.17 Å². The molecule has 2 fully saturated rings. The fraction of sp³-hybridized carbons (Fsp3) is 0.700. The second-order valence-electron chi connectivity index (χ2n) is 3.84. The van der Waals surface area contributed by atoms with Crippen molar-refractivity contribution in [2.24, 2.45) is 0 Å². The van der Waals surface area contributed by atoms with Gasteiger partial charge < -0.3 is 4.90 Å². The minimum atomic E-state index is -0.817. The summed E-state index contributed by atoms with van der Waals surface area (Å²) in [6.45, 7) is 3.44. The average Bonchev–Trinajstić information content (AvgIpc) is 2.48. The lowest BCUT2D eigenvalue weighted by atomic mass is 10.0. The summed E-state index contributed by atoms with van der Waals surface area (Å²) in [7, 11) is 0. The topological polar surface area (TPSA) is 20.3 Å². The van der Waals surface area contributed by atoms with Crippen LogP contribution in [-0.2, 0) is 4.79 Å². The zero-order valence-corrected chi connectivity index (χ0v) is 7.58. The van der Waals surface area contributed by atoms with Crippen molar-refractivity contribution in [3.63, 3.8) is 0 Å². The Kier molecular flexibility index (Phi) is 2.10. The Morgan fingerprint density at radius 3 is 2.77 bits per heavy atom. The van der Waals surface area contributed by atoms with Gasteiger partial charge in [0.2, 0.25) is 5.91 Å². The lowest BCUT2D eigenvalue weighted by molar-refractivity contribution is -0.132. The minimum Gasteiger partial charge on any atom is -0.330 e. The van der Waals surface area contributed by atoms with Crippen LogP contribution in [0.3, 0.4) is 0 Å². The largest absolute Gasteiger partial charge is 0.330 e. The number of nitrogens with zero attached hydrogens (tertiary/aromatic N) is 1. The molecule has 2 heterocycles. The summed E-state index contributed by atoms with van der Waals surface area (Å²) in [5, 5.41) is 0. The van der Waals surface area contributed by atoms with E-state index in [0.29, 0.717) is 6.42 Å². The fourth-order valence-corrected chi connectivity index (χ4v) is 2.54. The molecule has 0 aromatic carbocycles. The van der Waals surface area contributed by atoms with Crippen LogP contribution in [0.2, 0.25) is 0 Å². The molecule has 2 rings (SSSR count). The van der Waals surface area contributed by atoms with E-state index in [0.717, 1.165) is 19.3 Å². The van der Waals surface area contributed by atoms with Crippen molar-refractivity contribution >= 4 is 5.91 Å². The zero-order chi connectivity index (χ0) is 9.42. The van der Waals surface area contributed by atoms with Crippen LogP contribution in [0.15, 0.2) is 12.7 Å². The molecule has 0 aromatic heterocycles. The van der Waals surface area contributed by atoms with Crippen molar-refractivity contribution in [1.82, 2.24) is 4.90 Å². The molecule has 0 spiro atoms. The van der Waals surface area contributed by atoms with Crippen molar-refractivity contribution < 1.29 is 9.18 Å². The van der Waals surface area contributed by atoms with Gasteiger partial charge in [0.15, 0.2) is 0 Å². The van der Waals surface area contributed by atoms with Gasteiger partial charge in [0, 0.05) is 6.04 Å². The Bertz CT molecular complexity index is 241. The Morgan fingerprint density at radius 1 is 1.38 bits per heavy atom.